The second-order valence-electron chi connectivity index (χ2n) is 6.57. The van der Waals surface area contributed by atoms with Gasteiger partial charge in [-0.15, -0.1) is 0 Å². The zero-order chi connectivity index (χ0) is 14.0. The molecular formula is C14H24N2O3. The summed E-state index contributed by atoms with van der Waals surface area (Å²) in [4.78, 5) is 24.9. The summed E-state index contributed by atoms with van der Waals surface area (Å²) in [7, 11) is 0. The van der Waals surface area contributed by atoms with Crippen LogP contribution in [0.2, 0.25) is 0 Å². The number of ether oxygens (including phenoxy) is 1. The Labute approximate surface area is 114 Å². The molecule has 19 heavy (non-hydrogen) atoms. The number of amides is 2. The highest BCUT2D eigenvalue weighted by Gasteiger charge is 2.33. The van der Waals surface area contributed by atoms with Crippen molar-refractivity contribution >= 4 is 12.0 Å². The average molecular weight is 268 g/mol. The Hall–Kier alpha value is -1.26. The lowest BCUT2D eigenvalue weighted by molar-refractivity contribution is -0.119. The third-order valence-corrected chi connectivity index (χ3v) is 3.87. The lowest BCUT2D eigenvalue weighted by atomic mass is 9.84. The minimum atomic E-state index is -0.435. The van der Waals surface area contributed by atoms with Crippen LogP contribution < -0.4 is 5.32 Å². The van der Waals surface area contributed by atoms with Crippen LogP contribution in [0.1, 0.15) is 40.0 Å². The summed E-state index contributed by atoms with van der Waals surface area (Å²) in [6, 6.07) is 0. The van der Waals surface area contributed by atoms with Gasteiger partial charge in [0.25, 0.3) is 0 Å². The average Bonchev–Trinajstić information content (AvgIpc) is 2.74. The molecule has 0 aromatic carbocycles. The van der Waals surface area contributed by atoms with Gasteiger partial charge in [-0.2, -0.15) is 0 Å². The van der Waals surface area contributed by atoms with Gasteiger partial charge in [-0.3, -0.25) is 4.79 Å². The van der Waals surface area contributed by atoms with Crippen molar-refractivity contribution < 1.29 is 14.3 Å². The number of hydrogen-bond acceptors (Lipinski definition) is 3. The van der Waals surface area contributed by atoms with E-state index in [4.69, 9.17) is 4.74 Å². The summed E-state index contributed by atoms with van der Waals surface area (Å²) in [6.45, 7) is 7.93. The van der Waals surface area contributed by atoms with Gasteiger partial charge in [0.2, 0.25) is 5.91 Å². The normalized spacial score (nSPS) is 25.3. The number of nitrogens with zero attached hydrogens (tertiary/aromatic N) is 1. The fourth-order valence-electron chi connectivity index (χ4n) is 2.84. The molecule has 2 aliphatic rings. The fraction of sp³-hybridized carbons (Fsp3) is 0.857. The molecule has 1 unspecified atom stereocenters. The minimum absolute atomic E-state index is 0.166. The van der Waals surface area contributed by atoms with Gasteiger partial charge < -0.3 is 15.0 Å². The van der Waals surface area contributed by atoms with Crippen LogP contribution in [0.25, 0.3) is 0 Å². The zero-order valence-corrected chi connectivity index (χ0v) is 12.1. The van der Waals surface area contributed by atoms with E-state index in [-0.39, 0.29) is 12.0 Å². The quantitative estimate of drug-likeness (QED) is 0.788. The highest BCUT2D eigenvalue weighted by molar-refractivity contribution is 5.78. The number of nitrogens with one attached hydrogen (secondary N) is 1. The van der Waals surface area contributed by atoms with Crippen LogP contribution >= 0.6 is 0 Å². The van der Waals surface area contributed by atoms with E-state index in [1.165, 1.54) is 0 Å². The van der Waals surface area contributed by atoms with Crippen molar-refractivity contribution in [3.8, 4) is 0 Å². The Morgan fingerprint density at radius 2 is 1.89 bits per heavy atom. The minimum Gasteiger partial charge on any atom is -0.444 e. The second-order valence-corrected chi connectivity index (χ2v) is 6.57. The first-order valence-corrected chi connectivity index (χ1v) is 7.10. The number of carbonyl (C=O) groups excluding carboxylic acids is 2. The van der Waals surface area contributed by atoms with Crippen LogP contribution in [0.5, 0.6) is 0 Å². The van der Waals surface area contributed by atoms with Crippen LogP contribution in [-0.4, -0.2) is 42.1 Å². The van der Waals surface area contributed by atoms with Crippen LogP contribution in [0, 0.1) is 11.8 Å². The first kappa shape index (κ1) is 14.2. The third kappa shape index (κ3) is 3.85. The first-order valence-electron chi connectivity index (χ1n) is 7.10. The molecule has 5 nitrogen and oxygen atoms in total. The molecule has 5 heteroatoms. The smallest absolute Gasteiger partial charge is 0.410 e. The maximum atomic E-state index is 11.9. The Balaban J connectivity index is 1.79. The first-order chi connectivity index (χ1) is 8.85. The monoisotopic (exact) mass is 268 g/mol. The predicted octanol–water partition coefficient (Wildman–Crippen LogP) is 1.77. The van der Waals surface area contributed by atoms with E-state index in [1.807, 2.05) is 20.8 Å². The molecule has 0 aromatic heterocycles. The maximum Gasteiger partial charge on any atom is 0.410 e. The summed E-state index contributed by atoms with van der Waals surface area (Å²) in [5.41, 5.74) is -0.435. The molecule has 0 radical (unpaired) electrons. The highest BCUT2D eigenvalue weighted by atomic mass is 16.6. The predicted molar refractivity (Wildman–Crippen MR) is 71.6 cm³/mol. The highest BCUT2D eigenvalue weighted by Crippen LogP contribution is 2.29. The van der Waals surface area contributed by atoms with Crippen LogP contribution in [0.4, 0.5) is 4.79 Å². The number of rotatable bonds is 1. The SMILES string of the molecule is CC(C)(C)OC(=O)N1CCC(C2CNC(=O)C2)CC1. The van der Waals surface area contributed by atoms with Crippen LogP contribution in [0.15, 0.2) is 0 Å². The largest absolute Gasteiger partial charge is 0.444 e. The summed E-state index contributed by atoms with van der Waals surface area (Å²) in [6.07, 6.45) is 2.38. The molecule has 108 valence electrons. The fourth-order valence-corrected chi connectivity index (χ4v) is 2.84. The molecule has 2 heterocycles. The molecule has 2 aliphatic heterocycles. The lowest BCUT2D eigenvalue weighted by Crippen LogP contribution is -2.43. The van der Waals surface area contributed by atoms with E-state index < -0.39 is 5.60 Å². The van der Waals surface area contributed by atoms with Crippen molar-refractivity contribution in [2.45, 2.75) is 45.6 Å². The number of hydrogen-bond donors (Lipinski definition) is 1. The van der Waals surface area contributed by atoms with Crippen LogP contribution in [-0.2, 0) is 9.53 Å². The maximum absolute atomic E-state index is 11.9. The van der Waals surface area contributed by atoms with Crippen molar-refractivity contribution in [1.82, 2.24) is 10.2 Å². The summed E-state index contributed by atoms with van der Waals surface area (Å²) in [5.74, 6) is 1.17. The van der Waals surface area contributed by atoms with E-state index in [1.54, 1.807) is 4.90 Å². The van der Waals surface area contributed by atoms with Gasteiger partial charge >= 0.3 is 6.09 Å². The number of likely N-dealkylation sites (tertiary alicyclic amines) is 1. The van der Waals surface area contributed by atoms with Gasteiger partial charge in [-0.1, -0.05) is 0 Å². The molecule has 0 bridgehead atoms. The lowest BCUT2D eigenvalue weighted by Gasteiger charge is -2.35. The van der Waals surface area contributed by atoms with Crippen molar-refractivity contribution in [2.75, 3.05) is 19.6 Å². The molecule has 2 amide bonds. The summed E-state index contributed by atoms with van der Waals surface area (Å²) < 4.78 is 5.38. The topological polar surface area (TPSA) is 58.6 Å². The Bertz CT molecular complexity index is 354. The molecule has 0 aliphatic carbocycles. The Kier molecular flexibility index (Phi) is 4.02. The molecule has 2 fully saturated rings. The van der Waals surface area contributed by atoms with E-state index in [9.17, 15) is 9.59 Å². The van der Waals surface area contributed by atoms with Crippen LogP contribution in [0.3, 0.4) is 0 Å². The molecule has 2 saturated heterocycles. The summed E-state index contributed by atoms with van der Waals surface area (Å²) >= 11 is 0. The zero-order valence-electron chi connectivity index (χ0n) is 12.1. The van der Waals surface area contributed by atoms with E-state index >= 15 is 0 Å². The molecule has 1 atom stereocenters. The van der Waals surface area contributed by atoms with Crippen molar-refractivity contribution in [3.05, 3.63) is 0 Å². The summed E-state index contributed by atoms with van der Waals surface area (Å²) in [5, 5.41) is 2.89. The van der Waals surface area contributed by atoms with Gasteiger partial charge in [0.1, 0.15) is 5.60 Å². The standard InChI is InChI=1S/C14H24N2O3/c1-14(2,3)19-13(18)16-6-4-10(5-7-16)11-8-12(17)15-9-11/h10-11H,4-9H2,1-3H3,(H,15,17). The van der Waals surface area contributed by atoms with Gasteiger partial charge in [0.05, 0.1) is 0 Å². The molecular weight excluding hydrogens is 244 g/mol. The molecule has 1 N–H and O–H groups in total. The second kappa shape index (κ2) is 5.39. The van der Waals surface area contributed by atoms with E-state index in [0.29, 0.717) is 18.3 Å². The number of piperidine rings is 1. The molecule has 0 saturated carbocycles. The van der Waals surface area contributed by atoms with E-state index in [0.717, 1.165) is 32.5 Å². The van der Waals surface area contributed by atoms with Gasteiger partial charge in [-0.25, -0.2) is 4.79 Å². The Morgan fingerprint density at radius 1 is 1.26 bits per heavy atom. The van der Waals surface area contributed by atoms with Gasteiger partial charge in [0.15, 0.2) is 0 Å². The molecule has 2 rings (SSSR count). The van der Waals surface area contributed by atoms with Gasteiger partial charge in [-0.05, 0) is 45.4 Å². The van der Waals surface area contributed by atoms with Crippen molar-refractivity contribution in [1.29, 1.82) is 0 Å². The van der Waals surface area contributed by atoms with E-state index in [2.05, 4.69) is 5.32 Å². The third-order valence-electron chi connectivity index (χ3n) is 3.87. The molecule has 0 aromatic rings. The van der Waals surface area contributed by atoms with Gasteiger partial charge in [0, 0.05) is 26.1 Å². The number of carbonyl (C=O) groups is 2. The Morgan fingerprint density at radius 3 is 2.37 bits per heavy atom. The molecule has 0 spiro atoms. The van der Waals surface area contributed by atoms with Crippen molar-refractivity contribution in [3.63, 3.8) is 0 Å². The van der Waals surface area contributed by atoms with Crippen molar-refractivity contribution in [2.24, 2.45) is 11.8 Å².